The topological polar surface area (TPSA) is 168 Å². The number of nitrogens with zero attached hydrogens (tertiary/aromatic N) is 1. The van der Waals surface area contributed by atoms with E-state index in [-0.39, 0.29) is 33.9 Å². The Labute approximate surface area is 231 Å². The summed E-state index contributed by atoms with van der Waals surface area (Å²) in [5.41, 5.74) is 0.404. The Balaban J connectivity index is 1.74. The predicted molar refractivity (Wildman–Crippen MR) is 146 cm³/mol. The summed E-state index contributed by atoms with van der Waals surface area (Å²) in [6.45, 7) is 0.843. The second-order valence-corrected chi connectivity index (χ2v) is 12.3. The van der Waals surface area contributed by atoms with Gasteiger partial charge >= 0.3 is 22.1 Å². The minimum Gasteiger partial charge on any atom is -0.491 e. The fourth-order valence-corrected chi connectivity index (χ4v) is 7.62. The molecule has 210 valence electrons. The molecule has 0 aromatic heterocycles. The molecular formula is C26H25N3O9S2. The minimum absolute atomic E-state index is 0.0125. The van der Waals surface area contributed by atoms with Crippen molar-refractivity contribution < 1.29 is 41.0 Å². The first kappa shape index (κ1) is 28.8. The average molecular weight is 588 g/mol. The number of ether oxygens (including phenoxy) is 2. The third-order valence-electron chi connectivity index (χ3n) is 6.05. The highest BCUT2D eigenvalue weighted by atomic mass is 32.3. The Kier molecular flexibility index (Phi) is 8.03. The second-order valence-electron chi connectivity index (χ2n) is 8.84. The van der Waals surface area contributed by atoms with Gasteiger partial charge in [-0.25, -0.2) is 17.5 Å². The molecule has 0 aliphatic carbocycles. The van der Waals surface area contributed by atoms with Gasteiger partial charge in [-0.2, -0.15) is 8.42 Å². The van der Waals surface area contributed by atoms with Gasteiger partial charge in [0.15, 0.2) is 11.5 Å². The molecule has 3 aromatic carbocycles. The van der Waals surface area contributed by atoms with Crippen LogP contribution < -0.4 is 23.2 Å². The lowest BCUT2D eigenvalue weighted by Gasteiger charge is -2.23. The fraction of sp³-hybridized carbons (Fsp3) is 0.231. The van der Waals surface area contributed by atoms with Gasteiger partial charge in [0.2, 0.25) is 0 Å². The van der Waals surface area contributed by atoms with Gasteiger partial charge in [-0.1, -0.05) is 46.4 Å². The summed E-state index contributed by atoms with van der Waals surface area (Å²) in [6.07, 6.45) is 5.52. The molecule has 2 bridgehead atoms. The molecule has 0 radical (unpaired) electrons. The first-order valence-corrected chi connectivity index (χ1v) is 14.7. The fourth-order valence-electron chi connectivity index (χ4n) is 4.40. The SMILES string of the molecule is C#C[C@H](N[C@@H](C)CC(=O)O)c1ccc(S(=O)(=O)NS(=O)(=O)N2CC(=O)Oc3cccc2c3OC)c2ccccc12. The number of aliphatic carboxylic acids is 1. The van der Waals surface area contributed by atoms with Crippen LogP contribution in [0.5, 0.6) is 11.5 Å². The number of para-hydroxylation sites is 1. The summed E-state index contributed by atoms with van der Waals surface area (Å²) in [6, 6.07) is 11.9. The molecule has 3 N–H and O–H groups in total. The predicted octanol–water partition coefficient (Wildman–Crippen LogP) is 1.92. The molecule has 40 heavy (non-hydrogen) atoms. The number of fused-ring (bicyclic) bond motifs is 3. The van der Waals surface area contributed by atoms with Gasteiger partial charge in [0.05, 0.1) is 30.2 Å². The lowest BCUT2D eigenvalue weighted by Crippen LogP contribution is -2.46. The Morgan fingerprint density at radius 2 is 1.82 bits per heavy atom. The number of rotatable bonds is 10. The van der Waals surface area contributed by atoms with Crippen molar-refractivity contribution >= 4 is 48.6 Å². The maximum atomic E-state index is 13.5. The molecule has 1 aliphatic heterocycles. The van der Waals surface area contributed by atoms with Gasteiger partial charge in [0.1, 0.15) is 6.54 Å². The molecule has 1 aliphatic rings. The standard InChI is InChI=1S/C26H25N3O9S2/c1-4-20(27-16(2)14-24(30)31)18-12-13-23(19-9-6-5-8-17(18)19)39(33,34)28-40(35,36)29-15-25(32)38-22-11-7-10-21(29)26(22)37-3/h1,5-13,16,20,27-28H,14-15H2,2-3H3,(H,30,31)/t16-,20-/m0/s1. The maximum absolute atomic E-state index is 13.5. The van der Waals surface area contributed by atoms with Crippen LogP contribution in [-0.2, 0) is 29.8 Å². The normalized spacial score (nSPS) is 15.0. The van der Waals surface area contributed by atoms with E-state index in [0.717, 1.165) is 0 Å². The first-order valence-electron chi connectivity index (χ1n) is 11.8. The van der Waals surface area contributed by atoms with Crippen molar-refractivity contribution in [1.29, 1.82) is 0 Å². The number of nitrogens with one attached hydrogen (secondary N) is 2. The van der Waals surface area contributed by atoms with Crippen LogP contribution in [0.2, 0.25) is 0 Å². The highest BCUT2D eigenvalue weighted by Crippen LogP contribution is 2.40. The monoisotopic (exact) mass is 587 g/mol. The number of benzene rings is 3. The van der Waals surface area contributed by atoms with E-state index in [0.29, 0.717) is 15.3 Å². The smallest absolute Gasteiger partial charge is 0.332 e. The molecule has 0 saturated heterocycles. The van der Waals surface area contributed by atoms with E-state index in [9.17, 15) is 26.4 Å². The van der Waals surface area contributed by atoms with Crippen molar-refractivity contribution in [2.24, 2.45) is 0 Å². The maximum Gasteiger partial charge on any atom is 0.332 e. The number of carboxylic acid groups (broad SMARTS) is 1. The summed E-state index contributed by atoms with van der Waals surface area (Å²) in [5, 5.41) is 12.7. The Morgan fingerprint density at radius 1 is 1.12 bits per heavy atom. The van der Waals surface area contributed by atoms with Crippen molar-refractivity contribution in [2.45, 2.75) is 30.3 Å². The van der Waals surface area contributed by atoms with Crippen LogP contribution >= 0.6 is 0 Å². The zero-order chi connectivity index (χ0) is 29.2. The highest BCUT2D eigenvalue weighted by Gasteiger charge is 2.36. The van der Waals surface area contributed by atoms with Crippen LogP contribution in [0.1, 0.15) is 24.9 Å². The lowest BCUT2D eigenvalue weighted by molar-refractivity contribution is -0.137. The number of carbonyl (C=O) groups is 2. The van der Waals surface area contributed by atoms with Gasteiger partial charge in [-0.3, -0.25) is 10.1 Å². The summed E-state index contributed by atoms with van der Waals surface area (Å²) >= 11 is 0. The molecule has 0 spiro atoms. The van der Waals surface area contributed by atoms with E-state index < -0.39 is 50.8 Å². The number of hydrogen-bond acceptors (Lipinski definition) is 9. The lowest BCUT2D eigenvalue weighted by atomic mass is 9.98. The molecule has 14 heteroatoms. The van der Waals surface area contributed by atoms with Crippen LogP contribution in [0, 0.1) is 12.3 Å². The Hall–Kier alpha value is -4.16. The quantitative estimate of drug-likeness (QED) is 0.181. The van der Waals surface area contributed by atoms with Gasteiger partial charge in [0, 0.05) is 11.4 Å². The largest absolute Gasteiger partial charge is 0.491 e. The Morgan fingerprint density at radius 3 is 2.48 bits per heavy atom. The second kappa shape index (κ2) is 11.1. The minimum atomic E-state index is -4.89. The molecule has 4 rings (SSSR count). The highest BCUT2D eigenvalue weighted by molar-refractivity contribution is 8.05. The number of carboxylic acids is 1. The van der Waals surface area contributed by atoms with Gasteiger partial charge in [0.25, 0.3) is 10.0 Å². The van der Waals surface area contributed by atoms with Crippen molar-refractivity contribution in [3.05, 3.63) is 60.2 Å². The van der Waals surface area contributed by atoms with Crippen LogP contribution in [0.3, 0.4) is 0 Å². The van der Waals surface area contributed by atoms with Gasteiger partial charge < -0.3 is 14.6 Å². The molecule has 0 unspecified atom stereocenters. The zero-order valence-electron chi connectivity index (χ0n) is 21.3. The van der Waals surface area contributed by atoms with Crippen molar-refractivity contribution in [2.75, 3.05) is 18.0 Å². The van der Waals surface area contributed by atoms with Crippen LogP contribution in [0.4, 0.5) is 5.69 Å². The number of carbonyl (C=O) groups excluding carboxylic acids is 1. The van der Waals surface area contributed by atoms with E-state index in [4.69, 9.17) is 21.0 Å². The van der Waals surface area contributed by atoms with Crippen LogP contribution in [0.15, 0.2) is 59.5 Å². The van der Waals surface area contributed by atoms with Crippen LogP contribution in [0.25, 0.3) is 10.8 Å². The number of hydrogen-bond donors (Lipinski definition) is 3. The summed E-state index contributed by atoms with van der Waals surface area (Å²) < 4.78 is 66.5. The summed E-state index contributed by atoms with van der Waals surface area (Å²) in [5.74, 6) is 0.519. The average Bonchev–Trinajstić information content (AvgIpc) is 2.95. The molecule has 12 nitrogen and oxygen atoms in total. The number of terminal acetylenes is 1. The molecule has 1 heterocycles. The van der Waals surface area contributed by atoms with E-state index >= 15 is 0 Å². The van der Waals surface area contributed by atoms with Gasteiger partial charge in [-0.15, -0.1) is 6.42 Å². The third-order valence-corrected chi connectivity index (χ3v) is 9.61. The molecule has 2 atom stereocenters. The third kappa shape index (κ3) is 5.73. The van der Waals surface area contributed by atoms with Crippen LogP contribution in [-0.4, -0.2) is 53.6 Å². The van der Waals surface area contributed by atoms with E-state index in [1.54, 1.807) is 29.3 Å². The summed E-state index contributed by atoms with van der Waals surface area (Å²) in [4.78, 5) is 23.0. The molecule has 0 saturated carbocycles. The first-order chi connectivity index (χ1) is 18.9. The molecule has 3 aromatic rings. The number of sulfonamides is 1. The van der Waals surface area contributed by atoms with Gasteiger partial charge in [-0.05, 0) is 36.1 Å². The summed E-state index contributed by atoms with van der Waals surface area (Å²) in [7, 11) is -8.38. The number of anilines is 1. The van der Waals surface area contributed by atoms with Crippen molar-refractivity contribution in [3.8, 4) is 23.8 Å². The van der Waals surface area contributed by atoms with E-state index in [1.807, 2.05) is 0 Å². The van der Waals surface area contributed by atoms with Crippen molar-refractivity contribution in [1.82, 2.24) is 9.44 Å². The van der Waals surface area contributed by atoms with E-state index in [2.05, 4.69) is 11.2 Å². The number of methoxy groups -OCH3 is 1. The van der Waals surface area contributed by atoms with E-state index in [1.165, 1.54) is 43.5 Å². The number of esters is 1. The zero-order valence-corrected chi connectivity index (χ0v) is 23.0. The molecule has 0 fully saturated rings. The Bertz CT molecular complexity index is 1750. The van der Waals surface area contributed by atoms with Crippen molar-refractivity contribution in [3.63, 3.8) is 0 Å². The molecular weight excluding hydrogens is 562 g/mol. The molecule has 0 amide bonds.